The zero-order valence-corrected chi connectivity index (χ0v) is 38.7. The number of anilines is 1. The number of para-hydroxylation sites is 1. The molecule has 344 valence electrons. The summed E-state index contributed by atoms with van der Waals surface area (Å²) in [4.78, 5) is 63.8. The molecule has 2 saturated heterocycles. The van der Waals surface area contributed by atoms with Crippen molar-refractivity contribution >= 4 is 46.0 Å². The van der Waals surface area contributed by atoms with Crippen molar-refractivity contribution in [2.75, 3.05) is 24.5 Å². The highest BCUT2D eigenvalue weighted by Crippen LogP contribution is 2.39. The molecule has 16 heteroatoms. The Kier molecular flexibility index (Phi) is 12.9. The van der Waals surface area contributed by atoms with Crippen molar-refractivity contribution < 1.29 is 24.6 Å². The summed E-state index contributed by atoms with van der Waals surface area (Å²) in [5.74, 6) is 0.341. The number of aliphatic hydroxyl groups is 1. The summed E-state index contributed by atoms with van der Waals surface area (Å²) in [6.07, 6.45) is 9.99. The lowest BCUT2D eigenvalue weighted by Gasteiger charge is -2.37. The number of aromatic hydroxyl groups is 1. The van der Waals surface area contributed by atoms with E-state index in [1.54, 1.807) is 23.5 Å². The van der Waals surface area contributed by atoms with Crippen LogP contribution in [0.1, 0.15) is 99.9 Å². The number of fused-ring (bicyclic) bond motifs is 1. The number of aliphatic hydroxyl groups excluding tert-OH is 1. The lowest BCUT2D eigenvalue weighted by atomic mass is 9.78. The van der Waals surface area contributed by atoms with Crippen molar-refractivity contribution in [3.05, 3.63) is 101 Å². The summed E-state index contributed by atoms with van der Waals surface area (Å²) in [7, 11) is 0. The van der Waals surface area contributed by atoms with Crippen LogP contribution in [0.5, 0.6) is 5.75 Å². The highest BCUT2D eigenvalue weighted by molar-refractivity contribution is 7.13. The number of H-pyrrole nitrogens is 1. The van der Waals surface area contributed by atoms with E-state index in [0.717, 1.165) is 77.1 Å². The number of hydrogen-bond acceptors (Lipinski definition) is 12. The lowest BCUT2D eigenvalue weighted by molar-refractivity contribution is -0.144. The first-order valence-electron chi connectivity index (χ1n) is 23.1. The van der Waals surface area contributed by atoms with Gasteiger partial charge in [0.15, 0.2) is 5.65 Å². The van der Waals surface area contributed by atoms with Crippen molar-refractivity contribution in [3.63, 3.8) is 0 Å². The Hall–Kier alpha value is -6.26. The summed E-state index contributed by atoms with van der Waals surface area (Å²) < 4.78 is 0. The maximum Gasteiger partial charge on any atom is 0.246 e. The number of rotatable bonds is 11. The number of aromatic amines is 1. The number of phenolic OH excluding ortho intramolecular Hbond substituents is 1. The highest BCUT2D eigenvalue weighted by Gasteiger charge is 2.45. The molecular weight excluding hydrogens is 853 g/mol. The Morgan fingerprint density at radius 3 is 2.32 bits per heavy atom. The Bertz CT molecular complexity index is 2680. The number of nitrogens with one attached hydrogen (secondary N) is 3. The van der Waals surface area contributed by atoms with Gasteiger partial charge in [-0.05, 0) is 103 Å². The number of aryl methyl sites for hydroxylation is 1. The standard InChI is InChI=1S/C50H58N10O5S/c1-29-43(66-28-55-29)33-11-9-30(10-12-33)23-52-47(64)41-21-36(61)27-60(41)48(65)44(50(2,3)4)56-46(63)34-15-13-31(14-16-34)35-24-53-49(54-25-35)59-19-17-32(18-20-59)39-26-51-45-38(39)22-40(57-58-45)37-7-5-6-8-42(37)62/h5-12,22,24-26,28,31-32,34,36,41,44,61-62H,13-21,23,27H2,1-4H3,(H,51,58)(H,52,64)(H,56,63)/t31?,34?,36-,41+,44?/m1/s1. The van der Waals surface area contributed by atoms with Gasteiger partial charge in [0.25, 0.3) is 0 Å². The van der Waals surface area contributed by atoms with E-state index in [4.69, 9.17) is 9.97 Å². The monoisotopic (exact) mass is 910 g/mol. The number of piperidine rings is 1. The van der Waals surface area contributed by atoms with Crippen LogP contribution in [-0.4, -0.2) is 101 Å². The first-order valence-corrected chi connectivity index (χ1v) is 23.9. The molecule has 5 N–H and O–H groups in total. The van der Waals surface area contributed by atoms with Gasteiger partial charge in [-0.15, -0.1) is 21.5 Å². The summed E-state index contributed by atoms with van der Waals surface area (Å²) in [5.41, 5.74) is 8.43. The predicted octanol–water partition coefficient (Wildman–Crippen LogP) is 7.02. The number of aromatic nitrogens is 6. The number of benzene rings is 2. The molecule has 66 heavy (non-hydrogen) atoms. The van der Waals surface area contributed by atoms with E-state index >= 15 is 0 Å². The van der Waals surface area contributed by atoms with Gasteiger partial charge in [-0.1, -0.05) is 57.2 Å². The molecule has 6 aromatic rings. The number of thiazole rings is 1. The number of phenols is 1. The van der Waals surface area contributed by atoms with Crippen LogP contribution < -0.4 is 15.5 Å². The van der Waals surface area contributed by atoms with Gasteiger partial charge in [0.2, 0.25) is 23.7 Å². The summed E-state index contributed by atoms with van der Waals surface area (Å²) in [6.45, 7) is 9.64. The second-order valence-electron chi connectivity index (χ2n) is 19.3. The zero-order valence-electron chi connectivity index (χ0n) is 37.9. The molecule has 1 aliphatic carbocycles. The van der Waals surface area contributed by atoms with Gasteiger partial charge in [0.1, 0.15) is 17.8 Å². The summed E-state index contributed by atoms with van der Waals surface area (Å²) in [6, 6.07) is 15.4. The van der Waals surface area contributed by atoms with E-state index in [2.05, 4.69) is 35.7 Å². The van der Waals surface area contributed by atoms with Crippen LogP contribution in [0.4, 0.5) is 5.95 Å². The maximum atomic E-state index is 14.3. The molecule has 1 saturated carbocycles. The van der Waals surface area contributed by atoms with Crippen molar-refractivity contribution in [2.45, 2.75) is 109 Å². The Labute approximate surface area is 388 Å². The van der Waals surface area contributed by atoms with Crippen LogP contribution in [0.25, 0.3) is 32.7 Å². The third-order valence-corrected chi connectivity index (χ3v) is 14.8. The van der Waals surface area contributed by atoms with E-state index in [0.29, 0.717) is 36.0 Å². The molecule has 3 aliphatic rings. The molecule has 6 heterocycles. The third kappa shape index (κ3) is 9.52. The van der Waals surface area contributed by atoms with Gasteiger partial charge < -0.3 is 35.6 Å². The minimum atomic E-state index is -0.878. The number of β-amino-alcohol motifs (C(OH)–C–C–N with tert-alkyl or cyclic N) is 1. The summed E-state index contributed by atoms with van der Waals surface area (Å²) in [5, 5.41) is 36.9. The number of amides is 3. The van der Waals surface area contributed by atoms with E-state index < -0.39 is 23.6 Å². The van der Waals surface area contributed by atoms with E-state index in [9.17, 15) is 24.6 Å². The molecule has 0 spiro atoms. The van der Waals surface area contributed by atoms with Gasteiger partial charge in [0.05, 0.1) is 27.9 Å². The largest absolute Gasteiger partial charge is 0.507 e. The van der Waals surface area contributed by atoms with Gasteiger partial charge in [-0.2, -0.15) is 0 Å². The molecule has 0 bridgehead atoms. The topological polar surface area (TPSA) is 202 Å². The Balaban J connectivity index is 0.762. The zero-order chi connectivity index (χ0) is 46.1. The fourth-order valence-electron chi connectivity index (χ4n) is 9.93. The Morgan fingerprint density at radius 2 is 1.64 bits per heavy atom. The van der Waals surface area contributed by atoms with Crippen LogP contribution in [0, 0.1) is 18.3 Å². The number of nitrogens with zero attached hydrogens (tertiary/aromatic N) is 7. The van der Waals surface area contributed by atoms with Gasteiger partial charge in [-0.3, -0.25) is 14.4 Å². The van der Waals surface area contributed by atoms with Crippen LogP contribution in [0.3, 0.4) is 0 Å². The normalized spacial score (nSPS) is 20.9. The lowest BCUT2D eigenvalue weighted by Crippen LogP contribution is -2.58. The van der Waals surface area contributed by atoms with Crippen molar-refractivity contribution in [2.24, 2.45) is 11.3 Å². The summed E-state index contributed by atoms with van der Waals surface area (Å²) >= 11 is 1.59. The fraction of sp³-hybridized carbons (Fsp3) is 0.440. The molecular formula is C50H58N10O5S. The van der Waals surface area contributed by atoms with Gasteiger partial charge >= 0.3 is 0 Å². The average molecular weight is 911 g/mol. The van der Waals surface area contributed by atoms with E-state index in [1.165, 1.54) is 10.5 Å². The van der Waals surface area contributed by atoms with E-state index in [-0.39, 0.29) is 54.8 Å². The number of hydrogen-bond donors (Lipinski definition) is 5. The molecule has 3 amide bonds. The predicted molar refractivity (Wildman–Crippen MR) is 254 cm³/mol. The van der Waals surface area contributed by atoms with Crippen LogP contribution in [0.2, 0.25) is 0 Å². The molecule has 1 unspecified atom stereocenters. The van der Waals surface area contributed by atoms with Crippen LogP contribution >= 0.6 is 11.3 Å². The van der Waals surface area contributed by atoms with Crippen molar-refractivity contribution in [3.8, 4) is 27.4 Å². The third-order valence-electron chi connectivity index (χ3n) is 13.8. The average Bonchev–Trinajstić information content (AvgIpc) is 4.07. The number of carbonyl (C=O) groups is 3. The minimum absolute atomic E-state index is 0.0249. The maximum absolute atomic E-state index is 14.3. The SMILES string of the molecule is Cc1ncsc1-c1ccc(CNC(=O)[C@@H]2C[C@@H](O)CN2C(=O)C(NC(=O)C2CCC(c3cnc(N4CCC(c5c[nH]c6nnc(-c7ccccc7O)cc56)CC4)nc3)CC2)C(C)(C)C)cc1. The number of likely N-dealkylation sites (tertiary alicyclic amines) is 1. The first kappa shape index (κ1) is 44.9. The van der Waals surface area contributed by atoms with Crippen molar-refractivity contribution in [1.29, 1.82) is 0 Å². The molecule has 9 rings (SSSR count). The molecule has 2 aliphatic heterocycles. The molecule has 3 atom stereocenters. The Morgan fingerprint density at radius 1 is 0.909 bits per heavy atom. The van der Waals surface area contributed by atoms with Crippen LogP contribution in [0.15, 0.2) is 78.7 Å². The quantitative estimate of drug-likeness (QED) is 0.0895. The number of carbonyl (C=O) groups excluding carboxylic acids is 3. The van der Waals surface area contributed by atoms with Crippen LogP contribution in [-0.2, 0) is 20.9 Å². The minimum Gasteiger partial charge on any atom is -0.507 e. The first-order chi connectivity index (χ1) is 31.8. The molecule has 2 aromatic carbocycles. The van der Waals surface area contributed by atoms with Gasteiger partial charge in [0, 0.05) is 68.1 Å². The second-order valence-corrected chi connectivity index (χ2v) is 20.1. The van der Waals surface area contributed by atoms with Crippen molar-refractivity contribution in [1.82, 2.24) is 45.7 Å². The van der Waals surface area contributed by atoms with Gasteiger partial charge in [-0.25, -0.2) is 15.0 Å². The molecule has 4 aromatic heterocycles. The molecule has 15 nitrogen and oxygen atoms in total. The van der Waals surface area contributed by atoms with E-state index in [1.807, 2.05) is 94.3 Å². The molecule has 3 fully saturated rings. The second kappa shape index (κ2) is 18.9. The smallest absolute Gasteiger partial charge is 0.246 e. The molecule has 0 radical (unpaired) electrons. The fourth-order valence-corrected chi connectivity index (χ4v) is 10.7. The highest BCUT2D eigenvalue weighted by atomic mass is 32.1.